The Kier molecular flexibility index (Phi) is 2.66. The summed E-state index contributed by atoms with van der Waals surface area (Å²) in [5, 5.41) is 1.19. The molecule has 70 valence electrons. The first-order chi connectivity index (χ1) is 6.79. The van der Waals surface area contributed by atoms with Crippen LogP contribution in [0.25, 0.3) is 11.3 Å². The molecule has 4 heteroatoms. The van der Waals surface area contributed by atoms with E-state index in [1.807, 2.05) is 0 Å². The van der Waals surface area contributed by atoms with Crippen LogP contribution in [0.5, 0.6) is 0 Å². The van der Waals surface area contributed by atoms with Gasteiger partial charge < -0.3 is 0 Å². The molecule has 0 saturated heterocycles. The largest absolute Gasteiger partial charge is 0.245 e. The number of benzene rings is 1. The van der Waals surface area contributed by atoms with Crippen molar-refractivity contribution in [2.75, 3.05) is 0 Å². The van der Waals surface area contributed by atoms with Crippen LogP contribution in [0.1, 0.15) is 0 Å². The van der Waals surface area contributed by atoms with E-state index in [1.54, 1.807) is 30.5 Å². The first kappa shape index (κ1) is 9.44. The lowest BCUT2D eigenvalue weighted by Crippen LogP contribution is -1.86. The van der Waals surface area contributed by atoms with Crippen molar-refractivity contribution in [3.8, 4) is 11.3 Å². The Balaban J connectivity index is 2.63. The predicted octanol–water partition coefficient (Wildman–Crippen LogP) is 3.45. The Morgan fingerprint density at radius 2 is 1.71 bits per heavy atom. The summed E-state index contributed by atoms with van der Waals surface area (Å²) in [6, 6.07) is 7.14. The van der Waals surface area contributed by atoms with Crippen LogP contribution in [0, 0.1) is 0 Å². The fourth-order valence-corrected chi connectivity index (χ4v) is 1.77. The highest BCUT2D eigenvalue weighted by Gasteiger charge is 2.08. The second kappa shape index (κ2) is 3.95. The smallest absolute Gasteiger partial charge is 0.116 e. The molecule has 0 atom stereocenters. The van der Waals surface area contributed by atoms with Crippen LogP contribution < -0.4 is 0 Å². The molecule has 2 nitrogen and oxygen atoms in total. The van der Waals surface area contributed by atoms with Gasteiger partial charge in [-0.25, -0.2) is 9.97 Å². The van der Waals surface area contributed by atoms with Gasteiger partial charge in [-0.15, -0.1) is 0 Å². The van der Waals surface area contributed by atoms with Crippen LogP contribution in [-0.2, 0) is 0 Å². The highest BCUT2D eigenvalue weighted by molar-refractivity contribution is 6.39. The zero-order chi connectivity index (χ0) is 9.97. The molecule has 0 amide bonds. The minimum Gasteiger partial charge on any atom is -0.245 e. The van der Waals surface area contributed by atoms with E-state index >= 15 is 0 Å². The minimum absolute atomic E-state index is 0.594. The molecule has 0 aliphatic carbocycles. The van der Waals surface area contributed by atoms with Gasteiger partial charge in [0, 0.05) is 11.8 Å². The van der Waals surface area contributed by atoms with E-state index in [0.717, 1.165) is 11.3 Å². The summed E-state index contributed by atoms with van der Waals surface area (Å²) in [5.41, 5.74) is 1.48. The van der Waals surface area contributed by atoms with Gasteiger partial charge in [0.1, 0.15) is 6.33 Å². The lowest BCUT2D eigenvalue weighted by molar-refractivity contribution is 1.17. The number of rotatable bonds is 1. The van der Waals surface area contributed by atoms with Crippen LogP contribution in [0.15, 0.2) is 36.8 Å². The van der Waals surface area contributed by atoms with Crippen molar-refractivity contribution in [3.05, 3.63) is 46.8 Å². The Hall–Kier alpha value is -1.12. The molecule has 14 heavy (non-hydrogen) atoms. The predicted molar refractivity (Wildman–Crippen MR) is 57.5 cm³/mol. The van der Waals surface area contributed by atoms with Gasteiger partial charge >= 0.3 is 0 Å². The topological polar surface area (TPSA) is 25.8 Å². The minimum atomic E-state index is 0.594. The van der Waals surface area contributed by atoms with Crippen LogP contribution in [0.3, 0.4) is 0 Å². The van der Waals surface area contributed by atoms with Crippen molar-refractivity contribution in [2.45, 2.75) is 0 Å². The molecule has 2 rings (SSSR count). The first-order valence-electron chi connectivity index (χ1n) is 3.99. The molecule has 0 N–H and O–H groups in total. The summed E-state index contributed by atoms with van der Waals surface area (Å²) in [7, 11) is 0. The van der Waals surface area contributed by atoms with E-state index in [0.29, 0.717) is 10.0 Å². The summed E-state index contributed by atoms with van der Waals surface area (Å²) in [4.78, 5) is 7.92. The molecule has 1 aromatic heterocycles. The van der Waals surface area contributed by atoms with Crippen molar-refractivity contribution in [3.63, 3.8) is 0 Å². The average Bonchev–Trinajstić information content (AvgIpc) is 2.19. The van der Waals surface area contributed by atoms with Crippen LogP contribution in [-0.4, -0.2) is 9.97 Å². The van der Waals surface area contributed by atoms with E-state index in [1.165, 1.54) is 6.33 Å². The first-order valence-corrected chi connectivity index (χ1v) is 4.75. The summed E-state index contributed by atoms with van der Waals surface area (Å²) >= 11 is 12.0. The van der Waals surface area contributed by atoms with E-state index in [4.69, 9.17) is 23.2 Å². The number of nitrogens with zero attached hydrogens (tertiary/aromatic N) is 2. The second-order valence-electron chi connectivity index (χ2n) is 2.69. The summed E-state index contributed by atoms with van der Waals surface area (Å²) in [6.45, 7) is 0. The monoisotopic (exact) mass is 224 g/mol. The lowest BCUT2D eigenvalue weighted by Gasteiger charge is -2.04. The maximum atomic E-state index is 6.02. The van der Waals surface area contributed by atoms with E-state index in [9.17, 15) is 0 Å². The number of halogens is 2. The molecule has 0 radical (unpaired) electrons. The van der Waals surface area contributed by atoms with E-state index in [2.05, 4.69) is 9.97 Å². The third kappa shape index (κ3) is 1.72. The summed E-state index contributed by atoms with van der Waals surface area (Å²) in [6.07, 6.45) is 3.12. The van der Waals surface area contributed by atoms with Gasteiger partial charge in [-0.2, -0.15) is 0 Å². The molecule has 0 unspecified atom stereocenters. The van der Waals surface area contributed by atoms with Gasteiger partial charge in [0.2, 0.25) is 0 Å². The molecule has 2 aromatic rings. The third-order valence-corrected chi connectivity index (χ3v) is 2.43. The number of hydrogen-bond acceptors (Lipinski definition) is 2. The fourth-order valence-electron chi connectivity index (χ4n) is 1.18. The normalized spacial score (nSPS) is 10.1. The maximum Gasteiger partial charge on any atom is 0.116 e. The van der Waals surface area contributed by atoms with Crippen LogP contribution >= 0.6 is 23.2 Å². The van der Waals surface area contributed by atoms with Crippen molar-refractivity contribution in [1.82, 2.24) is 9.97 Å². The maximum absolute atomic E-state index is 6.02. The van der Waals surface area contributed by atoms with Gasteiger partial charge in [-0.1, -0.05) is 29.3 Å². The summed E-state index contributed by atoms with van der Waals surface area (Å²) in [5.74, 6) is 0. The molecular weight excluding hydrogens is 219 g/mol. The molecule has 1 heterocycles. The van der Waals surface area contributed by atoms with Crippen LogP contribution in [0.2, 0.25) is 10.0 Å². The standard InChI is InChI=1S/C10H6Cl2N2/c11-7-2-1-3-8(12)10(7)9-4-5-13-6-14-9/h1-6H. The Morgan fingerprint density at radius 3 is 2.29 bits per heavy atom. The zero-order valence-electron chi connectivity index (χ0n) is 7.11. The highest BCUT2D eigenvalue weighted by atomic mass is 35.5. The van der Waals surface area contributed by atoms with E-state index in [-0.39, 0.29) is 0 Å². The molecule has 0 fully saturated rings. The van der Waals surface area contributed by atoms with Crippen molar-refractivity contribution in [2.24, 2.45) is 0 Å². The van der Waals surface area contributed by atoms with E-state index < -0.39 is 0 Å². The zero-order valence-corrected chi connectivity index (χ0v) is 8.63. The Labute approximate surface area is 91.5 Å². The Morgan fingerprint density at radius 1 is 1.00 bits per heavy atom. The third-order valence-electron chi connectivity index (χ3n) is 1.80. The van der Waals surface area contributed by atoms with Gasteiger partial charge in [-0.05, 0) is 18.2 Å². The quantitative estimate of drug-likeness (QED) is 0.742. The molecule has 0 aliphatic rings. The second-order valence-corrected chi connectivity index (χ2v) is 3.51. The number of hydrogen-bond donors (Lipinski definition) is 0. The highest BCUT2D eigenvalue weighted by Crippen LogP contribution is 2.32. The molecular formula is C10H6Cl2N2. The Bertz CT molecular complexity index is 423. The van der Waals surface area contributed by atoms with Crippen molar-refractivity contribution >= 4 is 23.2 Å². The van der Waals surface area contributed by atoms with Gasteiger partial charge in [0.25, 0.3) is 0 Å². The number of aromatic nitrogens is 2. The van der Waals surface area contributed by atoms with Crippen LogP contribution in [0.4, 0.5) is 0 Å². The molecule has 1 aromatic carbocycles. The fraction of sp³-hybridized carbons (Fsp3) is 0. The average molecular weight is 225 g/mol. The van der Waals surface area contributed by atoms with Gasteiger partial charge in [0.15, 0.2) is 0 Å². The molecule has 0 aliphatic heterocycles. The van der Waals surface area contributed by atoms with Crippen molar-refractivity contribution in [1.29, 1.82) is 0 Å². The molecule has 0 bridgehead atoms. The lowest BCUT2D eigenvalue weighted by atomic mass is 10.1. The summed E-state index contributed by atoms with van der Waals surface area (Å²) < 4.78 is 0. The van der Waals surface area contributed by atoms with Gasteiger partial charge in [0.05, 0.1) is 15.7 Å². The SMILES string of the molecule is Clc1cccc(Cl)c1-c1ccncn1. The molecule has 0 saturated carbocycles. The molecule has 0 spiro atoms. The van der Waals surface area contributed by atoms with Crippen molar-refractivity contribution < 1.29 is 0 Å². The van der Waals surface area contributed by atoms with Gasteiger partial charge in [-0.3, -0.25) is 0 Å².